The molecule has 1 amide bonds. The van der Waals surface area contributed by atoms with Gasteiger partial charge in [-0.1, -0.05) is 19.4 Å². The number of rotatable bonds is 10. The van der Waals surface area contributed by atoms with Crippen molar-refractivity contribution in [1.82, 2.24) is 4.90 Å². The van der Waals surface area contributed by atoms with Gasteiger partial charge in [-0.15, -0.1) is 0 Å². The van der Waals surface area contributed by atoms with Crippen molar-refractivity contribution < 1.29 is 34.4 Å². The van der Waals surface area contributed by atoms with E-state index in [1.807, 2.05) is 19.9 Å². The van der Waals surface area contributed by atoms with Gasteiger partial charge in [-0.3, -0.25) is 14.4 Å². The highest BCUT2D eigenvalue weighted by molar-refractivity contribution is 6.15. The number of nitrogens with zero attached hydrogens (tertiary/aromatic N) is 1. The maximum absolute atomic E-state index is 13.9. The zero-order valence-corrected chi connectivity index (χ0v) is 21.7. The number of primary amides is 1. The van der Waals surface area contributed by atoms with Crippen LogP contribution >= 0.6 is 0 Å². The fourth-order valence-corrected chi connectivity index (χ4v) is 5.56. The van der Waals surface area contributed by atoms with Crippen molar-refractivity contribution in [2.75, 3.05) is 27.3 Å². The van der Waals surface area contributed by atoms with Gasteiger partial charge in [0.2, 0.25) is 5.91 Å². The van der Waals surface area contributed by atoms with E-state index in [-0.39, 0.29) is 12.0 Å². The SMILES string of the molecule is CCCCOc1ccc(C)c2c1C(=O)C1=C(O)C(O)(C(=O)C(C)C(N)=O)[C@H](C(CO)N(C)C)C[C@@H]1C2. The molecule has 3 unspecified atom stereocenters. The number of amides is 1. The van der Waals surface area contributed by atoms with Gasteiger partial charge in [0.1, 0.15) is 11.5 Å². The van der Waals surface area contributed by atoms with Crippen molar-refractivity contribution in [1.29, 1.82) is 0 Å². The maximum atomic E-state index is 13.9. The number of benzene rings is 1. The first kappa shape index (κ1) is 27.8. The summed E-state index contributed by atoms with van der Waals surface area (Å²) in [4.78, 5) is 40.9. The smallest absolute Gasteiger partial charge is 0.227 e. The number of carbonyl (C=O) groups excluding carboxylic acids is 3. The standard InChI is InChI=1S/C27H38N2O7/c1-6-7-10-36-20-9-8-14(2)17-11-16-12-18(19(13-30)29(4)5)27(35,24(32)15(3)26(28)34)25(33)21(16)23(31)22(17)20/h8-9,15-16,18-19,30,33,35H,6-7,10-13H2,1-5H3,(H2,28,34)/t15?,16-,18-,19?,27?/m0/s1. The summed E-state index contributed by atoms with van der Waals surface area (Å²) < 4.78 is 5.91. The quantitative estimate of drug-likeness (QED) is 0.279. The van der Waals surface area contributed by atoms with E-state index < -0.39 is 59.2 Å². The Morgan fingerprint density at radius 1 is 1.31 bits per heavy atom. The first-order valence-electron chi connectivity index (χ1n) is 12.5. The topological polar surface area (TPSA) is 150 Å². The Hall–Kier alpha value is -2.75. The first-order chi connectivity index (χ1) is 16.9. The van der Waals surface area contributed by atoms with Crippen molar-refractivity contribution >= 4 is 17.5 Å². The lowest BCUT2D eigenvalue weighted by Crippen LogP contribution is -2.62. The van der Waals surface area contributed by atoms with Gasteiger partial charge in [-0.2, -0.15) is 0 Å². The van der Waals surface area contributed by atoms with Gasteiger partial charge in [-0.25, -0.2) is 0 Å². The number of aliphatic hydroxyl groups is 3. The second kappa shape index (κ2) is 10.7. The fraction of sp³-hybridized carbons (Fsp3) is 0.593. The molecule has 9 nitrogen and oxygen atoms in total. The van der Waals surface area contributed by atoms with E-state index >= 15 is 0 Å². The molecule has 5 N–H and O–H groups in total. The monoisotopic (exact) mass is 502 g/mol. The van der Waals surface area contributed by atoms with E-state index in [9.17, 15) is 29.7 Å². The zero-order valence-electron chi connectivity index (χ0n) is 21.7. The number of ketones is 2. The molecule has 0 bridgehead atoms. The summed E-state index contributed by atoms with van der Waals surface area (Å²) in [5.41, 5.74) is 4.78. The maximum Gasteiger partial charge on any atom is 0.227 e. The van der Waals surface area contributed by atoms with Gasteiger partial charge in [0.15, 0.2) is 17.2 Å². The van der Waals surface area contributed by atoms with Crippen LogP contribution in [0.25, 0.3) is 0 Å². The zero-order chi connectivity index (χ0) is 26.9. The molecule has 0 aliphatic heterocycles. The molecule has 1 aromatic rings. The van der Waals surface area contributed by atoms with Crippen molar-refractivity contribution in [2.45, 2.75) is 58.1 Å². The Kier molecular flexibility index (Phi) is 8.27. The highest BCUT2D eigenvalue weighted by Gasteiger charge is 2.59. The number of fused-ring (bicyclic) bond motifs is 2. The van der Waals surface area contributed by atoms with Crippen LogP contribution in [0.1, 0.15) is 54.6 Å². The lowest BCUT2D eigenvalue weighted by atomic mass is 9.60. The van der Waals surface area contributed by atoms with Crippen molar-refractivity contribution in [3.8, 4) is 5.75 Å². The van der Waals surface area contributed by atoms with Crippen LogP contribution in [0.4, 0.5) is 0 Å². The Bertz CT molecular complexity index is 1080. The molecule has 9 heteroatoms. The molecule has 0 radical (unpaired) electrons. The number of likely N-dealkylation sites (N-methyl/N-ethyl adjacent to an activating group) is 1. The molecule has 198 valence electrons. The number of allylic oxidation sites excluding steroid dienone is 1. The highest BCUT2D eigenvalue weighted by atomic mass is 16.5. The van der Waals surface area contributed by atoms with Crippen LogP contribution < -0.4 is 10.5 Å². The Morgan fingerprint density at radius 2 is 1.97 bits per heavy atom. The minimum Gasteiger partial charge on any atom is -0.508 e. The number of Topliss-reactive ketones (excluding diaryl/α,β-unsaturated/α-hetero) is 2. The number of hydrogen-bond acceptors (Lipinski definition) is 8. The number of ether oxygens (including phenoxy) is 1. The van der Waals surface area contributed by atoms with Crippen LogP contribution in [-0.4, -0.2) is 76.6 Å². The lowest BCUT2D eigenvalue weighted by Gasteiger charge is -2.48. The van der Waals surface area contributed by atoms with E-state index in [1.54, 1.807) is 25.1 Å². The van der Waals surface area contributed by atoms with E-state index in [0.29, 0.717) is 24.3 Å². The number of nitrogens with two attached hydrogens (primary N) is 1. The normalized spacial score (nSPS) is 25.3. The van der Waals surface area contributed by atoms with E-state index in [2.05, 4.69) is 0 Å². The number of hydrogen-bond donors (Lipinski definition) is 4. The summed E-state index contributed by atoms with van der Waals surface area (Å²) in [7, 11) is 3.37. The minimum atomic E-state index is -2.57. The highest BCUT2D eigenvalue weighted by Crippen LogP contribution is 2.50. The number of carbonyl (C=O) groups is 3. The van der Waals surface area contributed by atoms with Crippen molar-refractivity contribution in [2.24, 2.45) is 23.5 Å². The van der Waals surface area contributed by atoms with Crippen LogP contribution in [0.2, 0.25) is 0 Å². The third-order valence-electron chi connectivity index (χ3n) is 7.80. The summed E-state index contributed by atoms with van der Waals surface area (Å²) in [6.07, 6.45) is 2.26. The van der Waals surface area contributed by atoms with Crippen molar-refractivity contribution in [3.63, 3.8) is 0 Å². The molecule has 0 fully saturated rings. The second-order valence-electron chi connectivity index (χ2n) is 10.2. The summed E-state index contributed by atoms with van der Waals surface area (Å²) in [6.45, 7) is 5.21. The largest absolute Gasteiger partial charge is 0.508 e. The van der Waals surface area contributed by atoms with Gasteiger partial charge in [0.25, 0.3) is 0 Å². The molecule has 0 saturated carbocycles. The van der Waals surface area contributed by atoms with Gasteiger partial charge >= 0.3 is 0 Å². The second-order valence-corrected chi connectivity index (χ2v) is 10.2. The van der Waals surface area contributed by atoms with Crippen molar-refractivity contribution in [3.05, 3.63) is 40.2 Å². The van der Waals surface area contributed by atoms with Crippen LogP contribution in [0, 0.1) is 24.7 Å². The molecule has 3 rings (SSSR count). The third-order valence-corrected chi connectivity index (χ3v) is 7.80. The number of aliphatic hydroxyl groups excluding tert-OH is 2. The molecular formula is C27H38N2O7. The molecule has 2 aliphatic rings. The van der Waals surface area contributed by atoms with Gasteiger partial charge in [0, 0.05) is 17.5 Å². The number of unbranched alkanes of at least 4 members (excludes halogenated alkanes) is 1. The summed E-state index contributed by atoms with van der Waals surface area (Å²) in [5, 5.41) is 33.5. The Morgan fingerprint density at radius 3 is 2.53 bits per heavy atom. The number of aryl methyl sites for hydroxylation is 1. The molecule has 36 heavy (non-hydrogen) atoms. The molecule has 2 aliphatic carbocycles. The molecule has 0 heterocycles. The van der Waals surface area contributed by atoms with Gasteiger partial charge in [-0.05, 0) is 70.3 Å². The fourth-order valence-electron chi connectivity index (χ4n) is 5.56. The average Bonchev–Trinajstić information content (AvgIpc) is 2.82. The molecule has 0 saturated heterocycles. The Labute approximate surface area is 211 Å². The molecule has 0 spiro atoms. The molecule has 0 aromatic heterocycles. The summed E-state index contributed by atoms with van der Waals surface area (Å²) >= 11 is 0. The van der Waals surface area contributed by atoms with Gasteiger partial charge < -0.3 is 30.7 Å². The minimum absolute atomic E-state index is 0.0485. The van der Waals surface area contributed by atoms with Crippen LogP contribution in [0.5, 0.6) is 5.75 Å². The molecule has 5 atom stereocenters. The molecule has 1 aromatic carbocycles. The lowest BCUT2D eigenvalue weighted by molar-refractivity contribution is -0.155. The average molecular weight is 503 g/mol. The summed E-state index contributed by atoms with van der Waals surface area (Å²) in [6, 6.07) is 2.89. The van der Waals surface area contributed by atoms with Crippen LogP contribution in [-0.2, 0) is 16.0 Å². The third kappa shape index (κ3) is 4.55. The van der Waals surface area contributed by atoms with E-state index in [4.69, 9.17) is 10.5 Å². The predicted molar refractivity (Wildman–Crippen MR) is 134 cm³/mol. The van der Waals surface area contributed by atoms with Gasteiger partial charge in [0.05, 0.1) is 24.7 Å². The summed E-state index contributed by atoms with van der Waals surface area (Å²) in [5.74, 6) is -5.72. The molecular weight excluding hydrogens is 464 g/mol. The van der Waals surface area contributed by atoms with E-state index in [0.717, 1.165) is 24.0 Å². The Balaban J connectivity index is 2.22. The first-order valence-corrected chi connectivity index (χ1v) is 12.5. The predicted octanol–water partition coefficient (Wildman–Crippen LogP) is 1.71. The van der Waals surface area contributed by atoms with E-state index in [1.165, 1.54) is 6.92 Å². The van der Waals surface area contributed by atoms with Crippen LogP contribution in [0.15, 0.2) is 23.5 Å². The van der Waals surface area contributed by atoms with Crippen LogP contribution in [0.3, 0.4) is 0 Å².